The third kappa shape index (κ3) is 1.48. The lowest BCUT2D eigenvalue weighted by Crippen LogP contribution is -2.15. The molecule has 1 aliphatic carbocycles. The topological polar surface area (TPSA) is 39.2 Å². The van der Waals surface area contributed by atoms with Gasteiger partial charge in [0.15, 0.2) is 0 Å². The summed E-state index contributed by atoms with van der Waals surface area (Å²) in [6.07, 6.45) is 0. The monoisotopic (exact) mass is 299 g/mol. The van der Waals surface area contributed by atoms with Crippen molar-refractivity contribution in [3.8, 4) is 11.1 Å². The Morgan fingerprint density at radius 2 is 1.70 bits per heavy atom. The first-order valence-corrected chi connectivity index (χ1v) is 7.92. The predicted molar refractivity (Wildman–Crippen MR) is 95.7 cm³/mol. The summed E-state index contributed by atoms with van der Waals surface area (Å²) in [6, 6.07) is 18.8. The van der Waals surface area contributed by atoms with Gasteiger partial charge in [0, 0.05) is 21.9 Å². The normalized spacial score (nSPS) is 15.0. The minimum absolute atomic E-state index is 0.0490. The molecule has 3 aromatic carbocycles. The quantitative estimate of drug-likeness (QED) is 0.437. The number of rotatable bonds is 0. The second-order valence-electron chi connectivity index (χ2n) is 6.89. The molecule has 0 fully saturated rings. The maximum atomic E-state index is 6.06. The Morgan fingerprint density at radius 3 is 2.57 bits per heavy atom. The highest BCUT2D eigenvalue weighted by Gasteiger charge is 2.37. The van der Waals surface area contributed by atoms with Crippen molar-refractivity contribution in [2.24, 2.45) is 0 Å². The molecule has 0 unspecified atom stereocenters. The third-order valence-electron chi connectivity index (χ3n) is 5.20. The van der Waals surface area contributed by atoms with E-state index in [2.05, 4.69) is 50.2 Å². The largest absolute Gasteiger partial charge is 0.456 e. The van der Waals surface area contributed by atoms with Crippen molar-refractivity contribution in [3.63, 3.8) is 0 Å². The Bertz CT molecular complexity index is 1100. The Balaban J connectivity index is 2.03. The van der Waals surface area contributed by atoms with Gasteiger partial charge in [0.1, 0.15) is 11.2 Å². The number of fused-ring (bicyclic) bond motifs is 7. The van der Waals surface area contributed by atoms with Crippen LogP contribution in [0.5, 0.6) is 0 Å². The second-order valence-corrected chi connectivity index (χ2v) is 6.89. The Kier molecular flexibility index (Phi) is 2.20. The van der Waals surface area contributed by atoms with E-state index in [1.165, 1.54) is 33.0 Å². The summed E-state index contributed by atoms with van der Waals surface area (Å²) in [5.41, 5.74) is 13.9. The zero-order chi connectivity index (χ0) is 15.8. The fraction of sp³-hybridized carbons (Fsp3) is 0.143. The van der Waals surface area contributed by atoms with E-state index in [9.17, 15) is 0 Å². The number of benzene rings is 3. The summed E-state index contributed by atoms with van der Waals surface area (Å²) in [5.74, 6) is 0. The summed E-state index contributed by atoms with van der Waals surface area (Å²) >= 11 is 0. The van der Waals surface area contributed by atoms with Gasteiger partial charge in [-0.2, -0.15) is 0 Å². The van der Waals surface area contributed by atoms with Crippen LogP contribution in [0.1, 0.15) is 25.0 Å². The van der Waals surface area contributed by atoms with E-state index in [1.807, 2.05) is 18.2 Å². The molecule has 1 aliphatic rings. The number of hydrogen-bond donors (Lipinski definition) is 1. The van der Waals surface area contributed by atoms with Crippen molar-refractivity contribution in [3.05, 3.63) is 65.7 Å². The molecular formula is C21H17NO. The second kappa shape index (κ2) is 3.96. The molecule has 0 atom stereocenters. The van der Waals surface area contributed by atoms with Crippen LogP contribution in [0.2, 0.25) is 0 Å². The van der Waals surface area contributed by atoms with Crippen LogP contribution in [-0.2, 0) is 5.41 Å². The van der Waals surface area contributed by atoms with Crippen molar-refractivity contribution in [2.45, 2.75) is 19.3 Å². The zero-order valence-corrected chi connectivity index (χ0v) is 13.2. The van der Waals surface area contributed by atoms with Crippen LogP contribution in [0.25, 0.3) is 33.1 Å². The highest BCUT2D eigenvalue weighted by molar-refractivity contribution is 6.14. The number of furan rings is 1. The molecular weight excluding hydrogens is 282 g/mol. The lowest BCUT2D eigenvalue weighted by Gasteiger charge is -2.21. The molecule has 4 aromatic rings. The highest BCUT2D eigenvalue weighted by Crippen LogP contribution is 2.53. The van der Waals surface area contributed by atoms with Gasteiger partial charge in [-0.3, -0.25) is 0 Å². The van der Waals surface area contributed by atoms with Crippen LogP contribution in [0.4, 0.5) is 5.69 Å². The lowest BCUT2D eigenvalue weighted by atomic mass is 9.82. The average molecular weight is 299 g/mol. The zero-order valence-electron chi connectivity index (χ0n) is 13.2. The van der Waals surface area contributed by atoms with Crippen LogP contribution >= 0.6 is 0 Å². The Labute approximate surface area is 134 Å². The molecule has 0 radical (unpaired) electrons. The summed E-state index contributed by atoms with van der Waals surface area (Å²) in [5, 5.41) is 2.40. The first-order valence-electron chi connectivity index (χ1n) is 7.92. The van der Waals surface area contributed by atoms with Crippen molar-refractivity contribution in [1.29, 1.82) is 0 Å². The average Bonchev–Trinajstić information content (AvgIpc) is 3.01. The van der Waals surface area contributed by atoms with Gasteiger partial charge in [-0.1, -0.05) is 44.2 Å². The van der Waals surface area contributed by atoms with Gasteiger partial charge in [-0.25, -0.2) is 0 Å². The molecule has 0 saturated heterocycles. The lowest BCUT2D eigenvalue weighted by molar-refractivity contribution is 0.657. The molecule has 2 nitrogen and oxygen atoms in total. The molecule has 2 N–H and O–H groups in total. The SMILES string of the molecule is CC1(C)c2cc(N)ccc2-c2c1ccc1oc3ccccc3c21. The molecule has 1 heterocycles. The van der Waals surface area contributed by atoms with E-state index in [0.717, 1.165) is 16.9 Å². The first kappa shape index (κ1) is 12.8. The van der Waals surface area contributed by atoms with Gasteiger partial charge in [0.25, 0.3) is 0 Å². The number of para-hydroxylation sites is 1. The van der Waals surface area contributed by atoms with Gasteiger partial charge in [0.2, 0.25) is 0 Å². The molecule has 0 saturated carbocycles. The van der Waals surface area contributed by atoms with Gasteiger partial charge in [0.05, 0.1) is 0 Å². The van der Waals surface area contributed by atoms with Crippen LogP contribution in [0.3, 0.4) is 0 Å². The van der Waals surface area contributed by atoms with Crippen molar-refractivity contribution >= 4 is 27.6 Å². The Hall–Kier alpha value is -2.74. The summed E-state index contributed by atoms with van der Waals surface area (Å²) in [6.45, 7) is 4.54. The minimum Gasteiger partial charge on any atom is -0.456 e. The molecule has 0 bridgehead atoms. The third-order valence-corrected chi connectivity index (χ3v) is 5.20. The maximum absolute atomic E-state index is 6.06. The van der Waals surface area contributed by atoms with Gasteiger partial charge < -0.3 is 10.2 Å². The van der Waals surface area contributed by atoms with E-state index in [0.29, 0.717) is 0 Å². The molecule has 1 aromatic heterocycles. The maximum Gasteiger partial charge on any atom is 0.136 e. The van der Waals surface area contributed by atoms with E-state index in [-0.39, 0.29) is 5.41 Å². The number of hydrogen-bond acceptors (Lipinski definition) is 2. The molecule has 2 heteroatoms. The van der Waals surface area contributed by atoms with Crippen LogP contribution < -0.4 is 5.73 Å². The van der Waals surface area contributed by atoms with Crippen molar-refractivity contribution in [2.75, 3.05) is 5.73 Å². The Morgan fingerprint density at radius 1 is 0.870 bits per heavy atom. The molecule has 23 heavy (non-hydrogen) atoms. The fourth-order valence-corrected chi connectivity index (χ4v) is 4.06. The fourth-order valence-electron chi connectivity index (χ4n) is 4.06. The van der Waals surface area contributed by atoms with Gasteiger partial charge >= 0.3 is 0 Å². The smallest absolute Gasteiger partial charge is 0.136 e. The van der Waals surface area contributed by atoms with Crippen LogP contribution in [-0.4, -0.2) is 0 Å². The first-order chi connectivity index (χ1) is 11.1. The number of nitrogen functional groups attached to an aromatic ring is 1. The summed E-state index contributed by atoms with van der Waals surface area (Å²) in [7, 11) is 0. The molecule has 5 rings (SSSR count). The molecule has 0 amide bonds. The standard InChI is InChI=1S/C21H17NO/c1-21(2)15-9-10-18-20(14-5-3-4-6-17(14)23-18)19(15)13-8-7-12(22)11-16(13)21/h3-11H,22H2,1-2H3. The highest BCUT2D eigenvalue weighted by atomic mass is 16.3. The van der Waals surface area contributed by atoms with E-state index in [1.54, 1.807) is 0 Å². The van der Waals surface area contributed by atoms with Crippen LogP contribution in [0.15, 0.2) is 59.0 Å². The molecule has 112 valence electrons. The summed E-state index contributed by atoms with van der Waals surface area (Å²) < 4.78 is 6.06. The predicted octanol–water partition coefficient (Wildman–Crippen LogP) is 5.47. The number of anilines is 1. The van der Waals surface area contributed by atoms with E-state index in [4.69, 9.17) is 10.2 Å². The van der Waals surface area contributed by atoms with Crippen molar-refractivity contribution < 1.29 is 4.42 Å². The van der Waals surface area contributed by atoms with Crippen molar-refractivity contribution in [1.82, 2.24) is 0 Å². The van der Waals surface area contributed by atoms with E-state index < -0.39 is 0 Å². The molecule has 0 spiro atoms. The van der Waals surface area contributed by atoms with Gasteiger partial charge in [-0.15, -0.1) is 0 Å². The minimum atomic E-state index is -0.0490. The van der Waals surface area contributed by atoms with Gasteiger partial charge in [-0.05, 0) is 46.5 Å². The summed E-state index contributed by atoms with van der Waals surface area (Å²) in [4.78, 5) is 0. The van der Waals surface area contributed by atoms with E-state index >= 15 is 0 Å². The number of nitrogens with two attached hydrogens (primary N) is 1. The molecule has 0 aliphatic heterocycles. The van der Waals surface area contributed by atoms with Crippen LogP contribution in [0, 0.1) is 0 Å².